The molecule has 3 N–H and O–H groups in total. The molecule has 2 aromatic heterocycles. The van der Waals surface area contributed by atoms with Crippen LogP contribution in [0.15, 0.2) is 24.4 Å². The summed E-state index contributed by atoms with van der Waals surface area (Å²) in [6.45, 7) is 8.52. The van der Waals surface area contributed by atoms with Gasteiger partial charge in [0.2, 0.25) is 5.91 Å². The van der Waals surface area contributed by atoms with Crippen LogP contribution in [0.4, 0.5) is 11.5 Å². The van der Waals surface area contributed by atoms with Crippen molar-refractivity contribution in [3.63, 3.8) is 0 Å². The number of aromatic nitrogens is 3. The van der Waals surface area contributed by atoms with E-state index >= 15 is 0 Å². The fourth-order valence-electron chi connectivity index (χ4n) is 3.38. The van der Waals surface area contributed by atoms with E-state index in [1.165, 1.54) is 44.9 Å². The van der Waals surface area contributed by atoms with E-state index in [0.29, 0.717) is 23.7 Å². The van der Waals surface area contributed by atoms with Gasteiger partial charge in [0.25, 0.3) is 0 Å². The van der Waals surface area contributed by atoms with Gasteiger partial charge >= 0.3 is 0 Å². The largest absolute Gasteiger partial charge is 0.384 e. The molecule has 0 aliphatic carbocycles. The molecule has 166 valence electrons. The smallest absolute Gasteiger partial charge is 0.224 e. The quantitative estimate of drug-likeness (QED) is 0.417. The molecule has 30 heavy (non-hydrogen) atoms. The molecule has 0 bridgehead atoms. The van der Waals surface area contributed by atoms with Crippen LogP contribution >= 0.6 is 0 Å². The van der Waals surface area contributed by atoms with Gasteiger partial charge in [-0.3, -0.25) is 4.79 Å². The van der Waals surface area contributed by atoms with Crippen molar-refractivity contribution in [2.45, 2.75) is 97.3 Å². The topological polar surface area (TPSA) is 85.8 Å². The average Bonchev–Trinajstić information content (AvgIpc) is 3.09. The molecule has 1 amide bonds. The summed E-state index contributed by atoms with van der Waals surface area (Å²) in [7, 11) is 0. The van der Waals surface area contributed by atoms with E-state index in [2.05, 4.69) is 43.1 Å². The highest BCUT2D eigenvalue weighted by Crippen LogP contribution is 2.24. The van der Waals surface area contributed by atoms with E-state index < -0.39 is 0 Å². The first-order valence-corrected chi connectivity index (χ1v) is 11.4. The third-order valence-electron chi connectivity index (χ3n) is 5.26. The highest BCUT2D eigenvalue weighted by molar-refractivity contribution is 5.90. The minimum Gasteiger partial charge on any atom is -0.384 e. The second-order valence-corrected chi connectivity index (χ2v) is 9.15. The number of carbonyl (C=O) groups excluding carboxylic acids is 1. The van der Waals surface area contributed by atoms with E-state index in [0.717, 1.165) is 18.5 Å². The highest BCUT2D eigenvalue weighted by Gasteiger charge is 2.20. The van der Waals surface area contributed by atoms with Gasteiger partial charge in [-0.1, -0.05) is 79.1 Å². The molecule has 0 spiro atoms. The Morgan fingerprint density at radius 2 is 1.67 bits per heavy atom. The lowest BCUT2D eigenvalue weighted by molar-refractivity contribution is -0.116. The number of anilines is 2. The van der Waals surface area contributed by atoms with Crippen LogP contribution in [0.5, 0.6) is 0 Å². The molecule has 2 rings (SSSR count). The van der Waals surface area contributed by atoms with Crippen molar-refractivity contribution >= 4 is 17.4 Å². The number of nitrogens with one attached hydrogen (secondary N) is 1. The number of rotatable bonds is 12. The normalized spacial score (nSPS) is 11.6. The Kier molecular flexibility index (Phi) is 9.34. The molecular weight excluding hydrogens is 374 g/mol. The van der Waals surface area contributed by atoms with E-state index in [4.69, 9.17) is 5.73 Å². The van der Waals surface area contributed by atoms with Gasteiger partial charge in [0.15, 0.2) is 5.82 Å². The van der Waals surface area contributed by atoms with Gasteiger partial charge in [-0.25, -0.2) is 4.98 Å². The molecule has 6 nitrogen and oxygen atoms in total. The highest BCUT2D eigenvalue weighted by atomic mass is 16.1. The summed E-state index contributed by atoms with van der Waals surface area (Å²) in [5, 5.41) is 7.56. The molecule has 2 aromatic rings. The predicted octanol–water partition coefficient (Wildman–Crippen LogP) is 6.01. The van der Waals surface area contributed by atoms with Crippen LogP contribution in [-0.4, -0.2) is 20.7 Å². The minimum absolute atomic E-state index is 0.0407. The zero-order chi connectivity index (χ0) is 22.0. The summed E-state index contributed by atoms with van der Waals surface area (Å²) in [5.41, 5.74) is 7.66. The summed E-state index contributed by atoms with van der Waals surface area (Å²) >= 11 is 0. The van der Waals surface area contributed by atoms with Crippen molar-refractivity contribution in [3.05, 3.63) is 30.1 Å². The molecule has 0 saturated heterocycles. The number of pyridine rings is 1. The van der Waals surface area contributed by atoms with Gasteiger partial charge in [-0.05, 0) is 12.5 Å². The van der Waals surface area contributed by atoms with E-state index in [9.17, 15) is 4.79 Å². The lowest BCUT2D eigenvalue weighted by Gasteiger charge is -2.14. The van der Waals surface area contributed by atoms with Gasteiger partial charge in [-0.2, -0.15) is 9.78 Å². The summed E-state index contributed by atoms with van der Waals surface area (Å²) in [5.74, 6) is 1.17. The van der Waals surface area contributed by atoms with Gasteiger partial charge in [0.1, 0.15) is 5.82 Å². The Balaban J connectivity index is 1.79. The zero-order valence-electron chi connectivity index (χ0n) is 19.2. The monoisotopic (exact) mass is 413 g/mol. The van der Waals surface area contributed by atoms with E-state index in [1.807, 2.05) is 12.1 Å². The standard InChI is InChI=1S/C24H39N5O/c1-5-6-7-8-9-10-11-12-13-14-23(30)27-19-15-16-26-22(17-19)29-21(25)18-20(28-29)24(2,3)4/h15-18H,5-14,25H2,1-4H3,(H,26,27,30). The van der Waals surface area contributed by atoms with Crippen molar-refractivity contribution in [2.24, 2.45) is 0 Å². The number of nitrogen functional groups attached to an aromatic ring is 1. The number of carbonyl (C=O) groups is 1. The first-order chi connectivity index (χ1) is 14.3. The molecule has 0 saturated carbocycles. The van der Waals surface area contributed by atoms with Crippen LogP contribution in [0.25, 0.3) is 5.82 Å². The van der Waals surface area contributed by atoms with Crippen LogP contribution < -0.4 is 11.1 Å². The Hall–Kier alpha value is -2.37. The molecule has 0 fully saturated rings. The lowest BCUT2D eigenvalue weighted by Crippen LogP contribution is -2.14. The van der Waals surface area contributed by atoms with Crippen molar-refractivity contribution in [3.8, 4) is 5.82 Å². The van der Waals surface area contributed by atoms with Gasteiger partial charge in [-0.15, -0.1) is 0 Å². The SMILES string of the molecule is CCCCCCCCCCCC(=O)Nc1ccnc(-n2nc(C(C)(C)C)cc2N)c1. The second-order valence-electron chi connectivity index (χ2n) is 9.15. The molecule has 0 aliphatic rings. The Bertz CT molecular complexity index is 791. The van der Waals surface area contributed by atoms with Crippen molar-refractivity contribution in [1.82, 2.24) is 14.8 Å². The Labute approximate surface area is 181 Å². The molecular formula is C24H39N5O. The minimum atomic E-state index is -0.0965. The van der Waals surface area contributed by atoms with Crippen molar-refractivity contribution in [2.75, 3.05) is 11.1 Å². The molecule has 2 heterocycles. The van der Waals surface area contributed by atoms with E-state index in [-0.39, 0.29) is 11.3 Å². The molecule has 0 aliphatic heterocycles. The number of nitrogens with zero attached hydrogens (tertiary/aromatic N) is 3. The maximum absolute atomic E-state index is 12.3. The Morgan fingerprint density at radius 1 is 1.03 bits per heavy atom. The second kappa shape index (κ2) is 11.7. The number of hydrogen-bond donors (Lipinski definition) is 2. The van der Waals surface area contributed by atoms with Crippen LogP contribution in [0.1, 0.15) is 97.6 Å². The summed E-state index contributed by atoms with van der Waals surface area (Å²) < 4.78 is 1.62. The van der Waals surface area contributed by atoms with Crippen molar-refractivity contribution < 1.29 is 4.79 Å². The molecule has 0 radical (unpaired) electrons. The number of unbranched alkanes of at least 4 members (excludes halogenated alkanes) is 8. The van der Waals surface area contributed by atoms with Crippen molar-refractivity contribution in [1.29, 1.82) is 0 Å². The number of hydrogen-bond acceptors (Lipinski definition) is 4. The van der Waals surface area contributed by atoms with Crippen LogP contribution in [0, 0.1) is 0 Å². The lowest BCUT2D eigenvalue weighted by atomic mass is 9.92. The number of amides is 1. The Morgan fingerprint density at radius 3 is 2.27 bits per heavy atom. The van der Waals surface area contributed by atoms with Crippen LogP contribution in [0.2, 0.25) is 0 Å². The fraction of sp³-hybridized carbons (Fsp3) is 0.625. The first-order valence-electron chi connectivity index (χ1n) is 11.4. The summed E-state index contributed by atoms with van der Waals surface area (Å²) in [6.07, 6.45) is 13.4. The molecule has 0 atom stereocenters. The van der Waals surface area contributed by atoms with Gasteiger partial charge in [0, 0.05) is 35.9 Å². The summed E-state index contributed by atoms with van der Waals surface area (Å²) in [6, 6.07) is 5.48. The molecule has 0 unspecified atom stereocenters. The molecule has 0 aromatic carbocycles. The zero-order valence-corrected chi connectivity index (χ0v) is 19.2. The third-order valence-corrected chi connectivity index (χ3v) is 5.26. The van der Waals surface area contributed by atoms with Gasteiger partial charge < -0.3 is 11.1 Å². The van der Waals surface area contributed by atoms with Gasteiger partial charge in [0.05, 0.1) is 5.69 Å². The predicted molar refractivity (Wildman–Crippen MR) is 125 cm³/mol. The third kappa shape index (κ3) is 7.81. The fourth-order valence-corrected chi connectivity index (χ4v) is 3.38. The van der Waals surface area contributed by atoms with E-state index in [1.54, 1.807) is 16.9 Å². The van der Waals surface area contributed by atoms with Crippen LogP contribution in [0.3, 0.4) is 0 Å². The molecule has 6 heteroatoms. The number of nitrogens with two attached hydrogens (primary N) is 1. The van der Waals surface area contributed by atoms with Crippen LogP contribution in [-0.2, 0) is 10.2 Å². The first kappa shape index (κ1) is 23.9. The maximum Gasteiger partial charge on any atom is 0.224 e. The maximum atomic E-state index is 12.3. The average molecular weight is 414 g/mol. The summed E-state index contributed by atoms with van der Waals surface area (Å²) in [4.78, 5) is 16.7.